The van der Waals surface area contributed by atoms with Gasteiger partial charge in [-0.2, -0.15) is 5.10 Å². The lowest BCUT2D eigenvalue weighted by Crippen LogP contribution is -2.33. The third-order valence-corrected chi connectivity index (χ3v) is 3.33. The lowest BCUT2D eigenvalue weighted by atomic mass is 10.2. The Hall–Kier alpha value is -3.35. The second kappa shape index (κ2) is 7.28. The van der Waals surface area contributed by atoms with Crippen molar-refractivity contribution in [1.29, 1.82) is 0 Å². The van der Waals surface area contributed by atoms with Crippen LogP contribution in [0.25, 0.3) is 10.9 Å². The summed E-state index contributed by atoms with van der Waals surface area (Å²) >= 11 is 0. The Morgan fingerprint density at radius 3 is 2.79 bits per heavy atom. The lowest BCUT2D eigenvalue weighted by molar-refractivity contribution is -0.115. The molecule has 1 heterocycles. The minimum Gasteiger partial charge on any atom is -0.445 e. The average Bonchev–Trinajstić information content (AvgIpc) is 3.07. The fraction of sp³-hybridized carbons (Fsp3) is 0.118. The van der Waals surface area contributed by atoms with Gasteiger partial charge in [-0.1, -0.05) is 30.3 Å². The van der Waals surface area contributed by atoms with Crippen molar-refractivity contribution in [1.82, 2.24) is 15.5 Å². The number of amides is 2. The van der Waals surface area contributed by atoms with Gasteiger partial charge in [0.25, 0.3) is 0 Å². The monoisotopic (exact) mass is 324 g/mol. The number of hydrogen-bond acceptors (Lipinski definition) is 4. The summed E-state index contributed by atoms with van der Waals surface area (Å²) in [6, 6.07) is 14.7. The quantitative estimate of drug-likeness (QED) is 0.671. The molecule has 0 radical (unpaired) electrons. The predicted octanol–water partition coefficient (Wildman–Crippen LogP) is 2.43. The molecular formula is C17H16N4O3. The number of carbonyl (C=O) groups excluding carboxylic acids is 2. The molecule has 1 aromatic heterocycles. The number of nitrogens with zero attached hydrogens (tertiary/aromatic N) is 1. The molecule has 3 aromatic rings. The summed E-state index contributed by atoms with van der Waals surface area (Å²) in [5.41, 5.74) is 2.32. The molecule has 7 heteroatoms. The van der Waals surface area contributed by atoms with E-state index in [1.807, 2.05) is 36.4 Å². The topological polar surface area (TPSA) is 96.1 Å². The Bertz CT molecular complexity index is 845. The molecule has 0 aliphatic rings. The predicted molar refractivity (Wildman–Crippen MR) is 89.4 cm³/mol. The number of hydrogen-bond donors (Lipinski definition) is 3. The molecule has 3 rings (SSSR count). The normalized spacial score (nSPS) is 10.3. The first kappa shape index (κ1) is 15.5. The van der Waals surface area contributed by atoms with Crippen molar-refractivity contribution in [3.05, 3.63) is 60.3 Å². The number of ether oxygens (including phenoxy) is 1. The van der Waals surface area contributed by atoms with Crippen LogP contribution in [0, 0.1) is 0 Å². The van der Waals surface area contributed by atoms with E-state index in [-0.39, 0.29) is 19.1 Å². The zero-order valence-corrected chi connectivity index (χ0v) is 12.8. The van der Waals surface area contributed by atoms with Crippen molar-refractivity contribution in [3.8, 4) is 0 Å². The number of anilines is 1. The molecule has 2 amide bonds. The summed E-state index contributed by atoms with van der Waals surface area (Å²) < 4.78 is 5.03. The molecule has 0 bridgehead atoms. The van der Waals surface area contributed by atoms with E-state index in [9.17, 15) is 9.59 Å². The van der Waals surface area contributed by atoms with Crippen LogP contribution in [0.2, 0.25) is 0 Å². The molecule has 0 unspecified atom stereocenters. The van der Waals surface area contributed by atoms with Gasteiger partial charge in [0, 0.05) is 11.1 Å². The number of aromatic nitrogens is 2. The maximum Gasteiger partial charge on any atom is 0.407 e. The van der Waals surface area contributed by atoms with Crippen LogP contribution >= 0.6 is 0 Å². The fourth-order valence-corrected chi connectivity index (χ4v) is 2.15. The number of aromatic amines is 1. The van der Waals surface area contributed by atoms with Crippen molar-refractivity contribution in [3.63, 3.8) is 0 Å². The molecule has 0 saturated heterocycles. The maximum atomic E-state index is 11.9. The molecule has 24 heavy (non-hydrogen) atoms. The van der Waals surface area contributed by atoms with Crippen LogP contribution in [0.15, 0.2) is 54.7 Å². The average molecular weight is 324 g/mol. The van der Waals surface area contributed by atoms with E-state index in [1.165, 1.54) is 0 Å². The molecule has 122 valence electrons. The number of rotatable bonds is 5. The molecule has 7 nitrogen and oxygen atoms in total. The summed E-state index contributed by atoms with van der Waals surface area (Å²) in [5.74, 6) is -0.342. The van der Waals surface area contributed by atoms with Crippen LogP contribution < -0.4 is 10.6 Å². The number of alkyl carbamates (subject to hydrolysis) is 1. The first-order chi connectivity index (χ1) is 11.7. The van der Waals surface area contributed by atoms with Crippen molar-refractivity contribution in [2.24, 2.45) is 0 Å². The molecule has 0 saturated carbocycles. The Balaban J connectivity index is 1.44. The van der Waals surface area contributed by atoms with Crippen molar-refractivity contribution in [2.45, 2.75) is 6.61 Å². The van der Waals surface area contributed by atoms with Crippen molar-refractivity contribution < 1.29 is 14.3 Å². The number of nitrogens with one attached hydrogen (secondary N) is 3. The standard InChI is InChI=1S/C17H16N4O3/c22-16(20-14-7-6-13-9-19-21-15(13)8-14)10-18-17(23)24-11-12-4-2-1-3-5-12/h1-9H,10-11H2,(H,18,23)(H,19,21)(H,20,22). The van der Waals surface area contributed by atoms with Crippen LogP contribution in [-0.4, -0.2) is 28.7 Å². The highest BCUT2D eigenvalue weighted by Crippen LogP contribution is 2.16. The Morgan fingerprint density at radius 1 is 1.12 bits per heavy atom. The van der Waals surface area contributed by atoms with E-state index in [0.717, 1.165) is 16.5 Å². The van der Waals surface area contributed by atoms with E-state index >= 15 is 0 Å². The summed E-state index contributed by atoms with van der Waals surface area (Å²) in [6.45, 7) is -0.0145. The highest BCUT2D eigenvalue weighted by molar-refractivity contribution is 5.95. The first-order valence-corrected chi connectivity index (χ1v) is 7.38. The molecule has 2 aromatic carbocycles. The lowest BCUT2D eigenvalue weighted by Gasteiger charge is -2.08. The van der Waals surface area contributed by atoms with Crippen LogP contribution in [-0.2, 0) is 16.1 Å². The van der Waals surface area contributed by atoms with Crippen LogP contribution in [0.4, 0.5) is 10.5 Å². The summed E-state index contributed by atoms with van der Waals surface area (Å²) in [5, 5.41) is 12.8. The highest BCUT2D eigenvalue weighted by Gasteiger charge is 2.07. The van der Waals surface area contributed by atoms with Gasteiger partial charge in [-0.15, -0.1) is 0 Å². The zero-order valence-electron chi connectivity index (χ0n) is 12.8. The van der Waals surface area contributed by atoms with Gasteiger partial charge >= 0.3 is 6.09 Å². The van der Waals surface area contributed by atoms with Crippen molar-refractivity contribution >= 4 is 28.6 Å². The number of benzene rings is 2. The van der Waals surface area contributed by atoms with Crippen LogP contribution in [0.1, 0.15) is 5.56 Å². The summed E-state index contributed by atoms with van der Waals surface area (Å²) in [7, 11) is 0. The fourth-order valence-electron chi connectivity index (χ4n) is 2.15. The van der Waals surface area contributed by atoms with Crippen LogP contribution in [0.5, 0.6) is 0 Å². The van der Waals surface area contributed by atoms with Gasteiger partial charge in [-0.25, -0.2) is 4.79 Å². The van der Waals surface area contributed by atoms with Crippen molar-refractivity contribution in [2.75, 3.05) is 11.9 Å². The number of carbonyl (C=O) groups is 2. The van der Waals surface area contributed by atoms with Crippen LogP contribution in [0.3, 0.4) is 0 Å². The minimum atomic E-state index is -0.641. The largest absolute Gasteiger partial charge is 0.445 e. The number of H-pyrrole nitrogens is 1. The SMILES string of the molecule is O=C(CNC(=O)OCc1ccccc1)Nc1ccc2cn[nH]c2c1. The second-order valence-corrected chi connectivity index (χ2v) is 5.14. The van der Waals surface area contributed by atoms with E-state index in [2.05, 4.69) is 20.8 Å². The zero-order chi connectivity index (χ0) is 16.8. The Labute approximate surface area is 138 Å². The highest BCUT2D eigenvalue weighted by atomic mass is 16.5. The van der Waals surface area contributed by atoms with Gasteiger partial charge in [0.15, 0.2) is 0 Å². The minimum absolute atomic E-state index is 0.158. The molecule has 0 spiro atoms. The van der Waals surface area contributed by atoms with E-state index in [4.69, 9.17) is 4.74 Å². The smallest absolute Gasteiger partial charge is 0.407 e. The Morgan fingerprint density at radius 2 is 1.96 bits per heavy atom. The first-order valence-electron chi connectivity index (χ1n) is 7.38. The molecule has 0 aliphatic heterocycles. The van der Waals surface area contributed by atoms with E-state index < -0.39 is 6.09 Å². The van der Waals surface area contributed by atoms with E-state index in [0.29, 0.717) is 5.69 Å². The number of fused-ring (bicyclic) bond motifs is 1. The van der Waals surface area contributed by atoms with Gasteiger partial charge in [-0.3, -0.25) is 9.89 Å². The second-order valence-electron chi connectivity index (χ2n) is 5.14. The third-order valence-electron chi connectivity index (χ3n) is 3.33. The van der Waals surface area contributed by atoms with Gasteiger partial charge in [0.1, 0.15) is 13.2 Å². The maximum absolute atomic E-state index is 11.9. The Kier molecular flexibility index (Phi) is 4.71. The van der Waals surface area contributed by atoms with Gasteiger partial charge in [0.05, 0.1) is 11.7 Å². The molecule has 0 fully saturated rings. The third kappa shape index (κ3) is 4.10. The van der Waals surface area contributed by atoms with Gasteiger partial charge in [-0.05, 0) is 23.8 Å². The van der Waals surface area contributed by atoms with E-state index in [1.54, 1.807) is 18.3 Å². The van der Waals surface area contributed by atoms with Gasteiger partial charge < -0.3 is 15.4 Å². The molecule has 3 N–H and O–H groups in total. The molecular weight excluding hydrogens is 308 g/mol. The summed E-state index contributed by atoms with van der Waals surface area (Å²) in [6.07, 6.45) is 1.06. The van der Waals surface area contributed by atoms with Gasteiger partial charge in [0.2, 0.25) is 5.91 Å². The summed E-state index contributed by atoms with van der Waals surface area (Å²) in [4.78, 5) is 23.4. The molecule has 0 aliphatic carbocycles. The molecule has 0 atom stereocenters.